The molecule has 0 aromatic carbocycles. The lowest BCUT2D eigenvalue weighted by Crippen LogP contribution is -2.29. The molecule has 3 heteroatoms. The van der Waals surface area contributed by atoms with Crippen LogP contribution in [0.15, 0.2) is 0 Å². The summed E-state index contributed by atoms with van der Waals surface area (Å²) in [7, 11) is 0. The van der Waals surface area contributed by atoms with Crippen LogP contribution in [-0.2, 0) is 4.74 Å². The number of hydrogen-bond donors (Lipinski definition) is 2. The molecule has 0 aromatic rings. The van der Waals surface area contributed by atoms with E-state index in [0.29, 0.717) is 12.5 Å². The van der Waals surface area contributed by atoms with Gasteiger partial charge in [0.1, 0.15) is 0 Å². The maximum absolute atomic E-state index is 8.57. The fraction of sp³-hybridized carbons (Fsp3) is 1.00. The number of nitrogens with one attached hydrogen (secondary N) is 1. The summed E-state index contributed by atoms with van der Waals surface area (Å²) in [4.78, 5) is 0. The Bertz CT molecular complexity index is 113. The maximum Gasteiger partial charge on any atom is 0.0506 e. The van der Waals surface area contributed by atoms with E-state index >= 15 is 0 Å². The molecule has 1 saturated heterocycles. The third-order valence-corrected chi connectivity index (χ3v) is 2.45. The normalized spacial score (nSPS) is 23.3. The van der Waals surface area contributed by atoms with Crippen molar-refractivity contribution < 1.29 is 9.84 Å². The Hall–Kier alpha value is -0.120. The number of ether oxygens (including phenoxy) is 1. The molecule has 0 amide bonds. The van der Waals surface area contributed by atoms with E-state index in [9.17, 15) is 0 Å². The van der Waals surface area contributed by atoms with Crippen molar-refractivity contribution in [3.8, 4) is 0 Å². The van der Waals surface area contributed by atoms with Gasteiger partial charge in [0.25, 0.3) is 0 Å². The Kier molecular flexibility index (Phi) is 6.15. The molecule has 0 aliphatic carbocycles. The first kappa shape index (κ1) is 11.0. The van der Waals surface area contributed by atoms with Crippen LogP contribution >= 0.6 is 0 Å². The summed E-state index contributed by atoms with van der Waals surface area (Å²) >= 11 is 0. The fourth-order valence-electron chi connectivity index (χ4n) is 1.64. The van der Waals surface area contributed by atoms with Gasteiger partial charge < -0.3 is 15.2 Å². The van der Waals surface area contributed by atoms with Gasteiger partial charge in [0.2, 0.25) is 0 Å². The standard InChI is InChI=1S/C10H21NO2/c12-6-2-1-5-11-8-10-4-3-7-13-9-10/h10-12H,1-9H2. The van der Waals surface area contributed by atoms with Gasteiger partial charge in [-0.3, -0.25) is 0 Å². The zero-order valence-electron chi connectivity index (χ0n) is 8.30. The van der Waals surface area contributed by atoms with Crippen molar-refractivity contribution in [1.82, 2.24) is 5.32 Å². The van der Waals surface area contributed by atoms with Crippen LogP contribution in [0.3, 0.4) is 0 Å². The SMILES string of the molecule is OCCCCNCC1CCCOC1. The lowest BCUT2D eigenvalue weighted by molar-refractivity contribution is 0.0548. The first-order valence-corrected chi connectivity index (χ1v) is 5.33. The zero-order chi connectivity index (χ0) is 9.36. The minimum absolute atomic E-state index is 0.314. The second-order valence-corrected chi connectivity index (χ2v) is 3.72. The summed E-state index contributed by atoms with van der Waals surface area (Å²) in [5.41, 5.74) is 0. The smallest absolute Gasteiger partial charge is 0.0506 e. The molecule has 0 aromatic heterocycles. The molecule has 1 aliphatic heterocycles. The maximum atomic E-state index is 8.57. The molecule has 1 aliphatic rings. The molecule has 1 fully saturated rings. The molecule has 0 saturated carbocycles. The average molecular weight is 187 g/mol. The molecule has 3 nitrogen and oxygen atoms in total. The number of unbranched alkanes of at least 4 members (excludes halogenated alkanes) is 1. The fourth-order valence-corrected chi connectivity index (χ4v) is 1.64. The van der Waals surface area contributed by atoms with Crippen molar-refractivity contribution >= 4 is 0 Å². The molecular formula is C10H21NO2. The predicted octanol–water partition coefficient (Wildman–Crippen LogP) is 0.775. The molecule has 0 radical (unpaired) electrons. The van der Waals surface area contributed by atoms with Crippen LogP contribution in [0.25, 0.3) is 0 Å². The Labute approximate surface area is 80.5 Å². The van der Waals surface area contributed by atoms with Crippen LogP contribution < -0.4 is 5.32 Å². The van der Waals surface area contributed by atoms with Gasteiger partial charge in [-0.15, -0.1) is 0 Å². The first-order chi connectivity index (χ1) is 6.43. The molecular weight excluding hydrogens is 166 g/mol. The predicted molar refractivity (Wildman–Crippen MR) is 52.7 cm³/mol. The summed E-state index contributed by atoms with van der Waals surface area (Å²) in [6.45, 7) is 4.28. The molecule has 0 spiro atoms. The minimum atomic E-state index is 0.314. The summed E-state index contributed by atoms with van der Waals surface area (Å²) in [6.07, 6.45) is 4.49. The van der Waals surface area contributed by atoms with Crippen molar-refractivity contribution in [2.75, 3.05) is 32.9 Å². The molecule has 0 bridgehead atoms. The van der Waals surface area contributed by atoms with Gasteiger partial charge in [0, 0.05) is 19.8 Å². The number of hydrogen-bond acceptors (Lipinski definition) is 3. The van der Waals surface area contributed by atoms with E-state index in [1.54, 1.807) is 0 Å². The summed E-state index contributed by atoms with van der Waals surface area (Å²) in [5, 5.41) is 12.0. The quantitative estimate of drug-likeness (QED) is 0.604. The highest BCUT2D eigenvalue weighted by Crippen LogP contribution is 2.11. The van der Waals surface area contributed by atoms with Gasteiger partial charge in [-0.1, -0.05) is 0 Å². The third-order valence-electron chi connectivity index (χ3n) is 2.45. The summed E-state index contributed by atoms with van der Waals surface area (Å²) in [5.74, 6) is 0.711. The first-order valence-electron chi connectivity index (χ1n) is 5.33. The second kappa shape index (κ2) is 7.30. The average Bonchev–Trinajstić information content (AvgIpc) is 2.19. The molecule has 1 atom stereocenters. The monoisotopic (exact) mass is 187 g/mol. The van der Waals surface area contributed by atoms with Gasteiger partial charge in [-0.05, 0) is 38.1 Å². The minimum Gasteiger partial charge on any atom is -0.396 e. The topological polar surface area (TPSA) is 41.5 Å². The van der Waals surface area contributed by atoms with Crippen molar-refractivity contribution in [1.29, 1.82) is 0 Å². The highest BCUT2D eigenvalue weighted by atomic mass is 16.5. The van der Waals surface area contributed by atoms with Crippen molar-refractivity contribution in [3.63, 3.8) is 0 Å². The lowest BCUT2D eigenvalue weighted by Gasteiger charge is -2.22. The largest absolute Gasteiger partial charge is 0.396 e. The second-order valence-electron chi connectivity index (χ2n) is 3.72. The van der Waals surface area contributed by atoms with Gasteiger partial charge in [0.15, 0.2) is 0 Å². The molecule has 1 rings (SSSR count). The van der Waals surface area contributed by atoms with E-state index in [4.69, 9.17) is 9.84 Å². The molecule has 13 heavy (non-hydrogen) atoms. The molecule has 2 N–H and O–H groups in total. The third kappa shape index (κ3) is 5.24. The van der Waals surface area contributed by atoms with Crippen LogP contribution in [0.5, 0.6) is 0 Å². The Balaban J connectivity index is 1.86. The van der Waals surface area contributed by atoms with Gasteiger partial charge in [-0.2, -0.15) is 0 Å². The van der Waals surface area contributed by atoms with Crippen LogP contribution in [0.2, 0.25) is 0 Å². The molecule has 1 unspecified atom stereocenters. The van der Waals surface area contributed by atoms with Gasteiger partial charge in [0.05, 0.1) is 6.61 Å². The number of aliphatic hydroxyl groups is 1. The lowest BCUT2D eigenvalue weighted by atomic mass is 10.0. The van der Waals surface area contributed by atoms with E-state index in [1.807, 2.05) is 0 Å². The Morgan fingerprint density at radius 1 is 1.38 bits per heavy atom. The molecule has 1 heterocycles. The van der Waals surface area contributed by atoms with Gasteiger partial charge in [-0.25, -0.2) is 0 Å². The summed E-state index contributed by atoms with van der Waals surface area (Å²) in [6, 6.07) is 0. The number of rotatable bonds is 6. The van der Waals surface area contributed by atoms with E-state index < -0.39 is 0 Å². The highest BCUT2D eigenvalue weighted by Gasteiger charge is 2.12. The summed E-state index contributed by atoms with van der Waals surface area (Å²) < 4.78 is 5.38. The van der Waals surface area contributed by atoms with E-state index in [-0.39, 0.29) is 0 Å². The van der Waals surface area contributed by atoms with Crippen LogP contribution in [0, 0.1) is 5.92 Å². The van der Waals surface area contributed by atoms with E-state index in [1.165, 1.54) is 12.8 Å². The zero-order valence-corrected chi connectivity index (χ0v) is 8.30. The van der Waals surface area contributed by atoms with Crippen LogP contribution in [0.4, 0.5) is 0 Å². The van der Waals surface area contributed by atoms with Crippen molar-refractivity contribution in [2.45, 2.75) is 25.7 Å². The van der Waals surface area contributed by atoms with Crippen molar-refractivity contribution in [2.24, 2.45) is 5.92 Å². The Morgan fingerprint density at radius 3 is 3.00 bits per heavy atom. The Morgan fingerprint density at radius 2 is 2.31 bits per heavy atom. The van der Waals surface area contributed by atoms with E-state index in [0.717, 1.165) is 39.1 Å². The molecule has 78 valence electrons. The van der Waals surface area contributed by atoms with E-state index in [2.05, 4.69) is 5.32 Å². The highest BCUT2D eigenvalue weighted by molar-refractivity contribution is 4.65. The van der Waals surface area contributed by atoms with Gasteiger partial charge >= 0.3 is 0 Å². The van der Waals surface area contributed by atoms with Crippen LogP contribution in [0.1, 0.15) is 25.7 Å². The number of aliphatic hydroxyl groups excluding tert-OH is 1. The van der Waals surface area contributed by atoms with Crippen molar-refractivity contribution in [3.05, 3.63) is 0 Å². The van der Waals surface area contributed by atoms with Crippen LogP contribution in [-0.4, -0.2) is 38.0 Å².